The summed E-state index contributed by atoms with van der Waals surface area (Å²) in [4.78, 5) is 1.31. The zero-order valence-electron chi connectivity index (χ0n) is 10.0. The van der Waals surface area contributed by atoms with E-state index in [9.17, 15) is 0 Å². The van der Waals surface area contributed by atoms with Crippen molar-refractivity contribution < 1.29 is 0 Å². The molecule has 0 aliphatic heterocycles. The maximum Gasteiger partial charge on any atom is 0.0766 e. The summed E-state index contributed by atoms with van der Waals surface area (Å²) in [5.41, 5.74) is 2.52. The predicted octanol–water partition coefficient (Wildman–Crippen LogP) is 3.17. The van der Waals surface area contributed by atoms with Crippen LogP contribution in [0.25, 0.3) is 0 Å². The van der Waals surface area contributed by atoms with Gasteiger partial charge in [-0.1, -0.05) is 6.92 Å². The third-order valence-electron chi connectivity index (χ3n) is 2.75. The predicted molar refractivity (Wildman–Crippen MR) is 75.5 cm³/mol. The van der Waals surface area contributed by atoms with E-state index in [2.05, 4.69) is 56.3 Å². The van der Waals surface area contributed by atoms with Gasteiger partial charge in [0.1, 0.15) is 0 Å². The van der Waals surface area contributed by atoms with Gasteiger partial charge in [0.05, 0.1) is 12.7 Å². The van der Waals surface area contributed by atoms with Gasteiger partial charge in [-0.05, 0) is 40.8 Å². The van der Waals surface area contributed by atoms with Crippen molar-refractivity contribution >= 4 is 27.3 Å². The fourth-order valence-electron chi connectivity index (χ4n) is 1.65. The molecule has 0 atom stereocenters. The van der Waals surface area contributed by atoms with E-state index >= 15 is 0 Å². The summed E-state index contributed by atoms with van der Waals surface area (Å²) < 4.78 is 3.23. The van der Waals surface area contributed by atoms with Crippen LogP contribution in [0.15, 0.2) is 22.1 Å². The molecule has 0 radical (unpaired) electrons. The molecular formula is C12H16BrN3S. The normalized spacial score (nSPS) is 11.0. The Morgan fingerprint density at radius 2 is 2.35 bits per heavy atom. The molecule has 0 saturated heterocycles. The van der Waals surface area contributed by atoms with Crippen LogP contribution in [0.3, 0.4) is 0 Å². The highest BCUT2D eigenvalue weighted by atomic mass is 79.9. The standard InChI is InChI=1S/C12H16BrN3S/c1-3-14-6-10-7-15-16(9(10)2)8-12-11(13)4-5-17-12/h4-5,7,14H,3,6,8H2,1-2H3. The van der Waals surface area contributed by atoms with Crippen LogP contribution in [0.1, 0.15) is 23.1 Å². The first-order valence-corrected chi connectivity index (χ1v) is 7.33. The Morgan fingerprint density at radius 1 is 1.53 bits per heavy atom. The molecule has 17 heavy (non-hydrogen) atoms. The van der Waals surface area contributed by atoms with E-state index in [0.29, 0.717) is 0 Å². The van der Waals surface area contributed by atoms with Crippen molar-refractivity contribution in [2.24, 2.45) is 0 Å². The lowest BCUT2D eigenvalue weighted by Gasteiger charge is -2.05. The molecule has 0 unspecified atom stereocenters. The highest BCUT2D eigenvalue weighted by molar-refractivity contribution is 9.10. The van der Waals surface area contributed by atoms with Crippen LogP contribution in [0.4, 0.5) is 0 Å². The van der Waals surface area contributed by atoms with Crippen molar-refractivity contribution in [3.8, 4) is 0 Å². The molecule has 0 spiro atoms. The maximum absolute atomic E-state index is 4.45. The summed E-state index contributed by atoms with van der Waals surface area (Å²) in [5, 5.41) is 9.87. The zero-order chi connectivity index (χ0) is 12.3. The van der Waals surface area contributed by atoms with Crippen molar-refractivity contribution in [3.05, 3.63) is 38.3 Å². The van der Waals surface area contributed by atoms with E-state index < -0.39 is 0 Å². The lowest BCUT2D eigenvalue weighted by atomic mass is 10.2. The SMILES string of the molecule is CCNCc1cnn(Cc2sccc2Br)c1C. The molecule has 2 rings (SSSR count). The molecule has 2 aromatic heterocycles. The fraction of sp³-hybridized carbons (Fsp3) is 0.417. The van der Waals surface area contributed by atoms with Crippen molar-refractivity contribution in [2.75, 3.05) is 6.54 Å². The molecule has 0 bridgehead atoms. The van der Waals surface area contributed by atoms with Gasteiger partial charge in [0.25, 0.3) is 0 Å². The average molecular weight is 314 g/mol. The molecular weight excluding hydrogens is 298 g/mol. The molecule has 92 valence electrons. The van der Waals surface area contributed by atoms with Gasteiger partial charge in [-0.15, -0.1) is 11.3 Å². The summed E-state index contributed by atoms with van der Waals surface area (Å²) in [6.45, 7) is 6.97. The second kappa shape index (κ2) is 5.80. The minimum absolute atomic E-state index is 0.843. The third-order valence-corrected chi connectivity index (χ3v) is 4.67. The van der Waals surface area contributed by atoms with Crippen LogP contribution < -0.4 is 5.32 Å². The smallest absolute Gasteiger partial charge is 0.0766 e. The van der Waals surface area contributed by atoms with Gasteiger partial charge in [0, 0.05) is 27.2 Å². The van der Waals surface area contributed by atoms with Crippen LogP contribution in [-0.2, 0) is 13.1 Å². The Bertz CT molecular complexity index is 490. The van der Waals surface area contributed by atoms with Crippen LogP contribution in [-0.4, -0.2) is 16.3 Å². The van der Waals surface area contributed by atoms with Gasteiger partial charge >= 0.3 is 0 Å². The van der Waals surface area contributed by atoms with E-state index in [1.807, 2.05) is 6.20 Å². The first kappa shape index (κ1) is 12.8. The summed E-state index contributed by atoms with van der Waals surface area (Å²) >= 11 is 5.31. The van der Waals surface area contributed by atoms with Crippen LogP contribution in [0.5, 0.6) is 0 Å². The van der Waals surface area contributed by atoms with Gasteiger partial charge < -0.3 is 5.32 Å². The van der Waals surface area contributed by atoms with Gasteiger partial charge in [-0.2, -0.15) is 5.10 Å². The lowest BCUT2D eigenvalue weighted by molar-refractivity contribution is 0.664. The first-order valence-electron chi connectivity index (χ1n) is 5.66. The van der Waals surface area contributed by atoms with Crippen molar-refractivity contribution in [3.63, 3.8) is 0 Å². The van der Waals surface area contributed by atoms with Crippen LogP contribution >= 0.6 is 27.3 Å². The van der Waals surface area contributed by atoms with E-state index in [4.69, 9.17) is 0 Å². The number of nitrogens with zero attached hydrogens (tertiary/aromatic N) is 2. The van der Waals surface area contributed by atoms with Crippen LogP contribution in [0.2, 0.25) is 0 Å². The Hall–Kier alpha value is -0.650. The molecule has 3 nitrogen and oxygen atoms in total. The van der Waals surface area contributed by atoms with Gasteiger partial charge in [0.2, 0.25) is 0 Å². The number of hydrogen-bond donors (Lipinski definition) is 1. The average Bonchev–Trinajstić information content (AvgIpc) is 2.86. The van der Waals surface area contributed by atoms with E-state index in [1.54, 1.807) is 11.3 Å². The largest absolute Gasteiger partial charge is 0.313 e. The molecule has 0 amide bonds. The number of hydrogen-bond acceptors (Lipinski definition) is 3. The first-order chi connectivity index (χ1) is 8.22. The van der Waals surface area contributed by atoms with E-state index in [1.165, 1.54) is 20.6 Å². The monoisotopic (exact) mass is 313 g/mol. The summed E-state index contributed by atoms with van der Waals surface area (Å²) in [6.07, 6.45) is 1.96. The van der Waals surface area contributed by atoms with Gasteiger partial charge in [-0.3, -0.25) is 4.68 Å². The number of thiophene rings is 1. The Morgan fingerprint density at radius 3 is 3.00 bits per heavy atom. The number of aromatic nitrogens is 2. The molecule has 0 saturated carbocycles. The summed E-state index contributed by atoms with van der Waals surface area (Å²) in [5.74, 6) is 0. The van der Waals surface area contributed by atoms with Gasteiger partial charge in [0.15, 0.2) is 0 Å². The summed E-state index contributed by atoms with van der Waals surface area (Å²) in [7, 11) is 0. The molecule has 2 heterocycles. The molecule has 0 aliphatic rings. The highest BCUT2D eigenvalue weighted by Crippen LogP contribution is 2.24. The van der Waals surface area contributed by atoms with E-state index in [0.717, 1.165) is 19.6 Å². The zero-order valence-corrected chi connectivity index (χ0v) is 12.4. The second-order valence-electron chi connectivity index (χ2n) is 3.88. The molecule has 0 aliphatic carbocycles. The summed E-state index contributed by atoms with van der Waals surface area (Å²) in [6, 6.07) is 2.08. The topological polar surface area (TPSA) is 29.9 Å². The van der Waals surface area contributed by atoms with Crippen molar-refractivity contribution in [1.29, 1.82) is 0 Å². The minimum Gasteiger partial charge on any atom is -0.313 e. The highest BCUT2D eigenvalue weighted by Gasteiger charge is 2.08. The molecule has 0 fully saturated rings. The van der Waals surface area contributed by atoms with Crippen molar-refractivity contribution in [1.82, 2.24) is 15.1 Å². The number of nitrogens with one attached hydrogen (secondary N) is 1. The lowest BCUT2D eigenvalue weighted by Crippen LogP contribution is -2.12. The Labute approximate surface area is 114 Å². The quantitative estimate of drug-likeness (QED) is 0.919. The Balaban J connectivity index is 2.12. The molecule has 1 N–H and O–H groups in total. The molecule has 2 aromatic rings. The van der Waals surface area contributed by atoms with Gasteiger partial charge in [-0.25, -0.2) is 0 Å². The van der Waals surface area contributed by atoms with E-state index in [-0.39, 0.29) is 0 Å². The number of halogens is 1. The minimum atomic E-state index is 0.843. The number of rotatable bonds is 5. The van der Waals surface area contributed by atoms with Crippen LogP contribution in [0, 0.1) is 6.92 Å². The Kier molecular flexibility index (Phi) is 4.36. The molecule has 5 heteroatoms. The fourth-order valence-corrected chi connectivity index (χ4v) is 3.11. The van der Waals surface area contributed by atoms with Crippen molar-refractivity contribution in [2.45, 2.75) is 26.9 Å². The maximum atomic E-state index is 4.45. The second-order valence-corrected chi connectivity index (χ2v) is 5.74. The third kappa shape index (κ3) is 2.97. The molecule has 0 aromatic carbocycles.